The number of rotatable bonds is 4. The molecule has 2 heterocycles. The van der Waals surface area contributed by atoms with Gasteiger partial charge >= 0.3 is 0 Å². The van der Waals surface area contributed by atoms with Crippen molar-refractivity contribution in [2.45, 2.75) is 76.8 Å². The molecule has 4 heteroatoms. The molecule has 1 N–H and O–H groups in total. The van der Waals surface area contributed by atoms with Gasteiger partial charge in [-0.3, -0.25) is 0 Å². The monoisotopic (exact) mass is 262 g/mol. The van der Waals surface area contributed by atoms with Crippen molar-refractivity contribution in [1.29, 1.82) is 0 Å². The Bertz CT molecular complexity index is 425. The van der Waals surface area contributed by atoms with E-state index in [2.05, 4.69) is 33.9 Å². The molecule has 0 radical (unpaired) electrons. The SMILES string of the molecule is CCCC1(c2nnc(C)n2C2CCCC2)CCCN1. The van der Waals surface area contributed by atoms with Gasteiger partial charge in [0.2, 0.25) is 0 Å². The molecule has 1 atom stereocenters. The first-order valence-corrected chi connectivity index (χ1v) is 7.94. The van der Waals surface area contributed by atoms with Gasteiger partial charge in [0.1, 0.15) is 5.82 Å². The molecule has 0 bridgehead atoms. The molecular formula is C15H26N4. The average Bonchev–Trinajstić information content (AvgIpc) is 3.08. The van der Waals surface area contributed by atoms with E-state index in [0.29, 0.717) is 6.04 Å². The summed E-state index contributed by atoms with van der Waals surface area (Å²) in [6.45, 7) is 5.50. The molecule has 2 aliphatic rings. The second kappa shape index (κ2) is 5.23. The summed E-state index contributed by atoms with van der Waals surface area (Å²) in [7, 11) is 0. The first kappa shape index (κ1) is 13.1. The average molecular weight is 262 g/mol. The van der Waals surface area contributed by atoms with Crippen molar-refractivity contribution < 1.29 is 0 Å². The second-order valence-electron chi connectivity index (χ2n) is 6.24. The summed E-state index contributed by atoms with van der Waals surface area (Å²) in [5.41, 5.74) is 0.0958. The topological polar surface area (TPSA) is 42.7 Å². The van der Waals surface area contributed by atoms with Gasteiger partial charge in [-0.15, -0.1) is 10.2 Å². The van der Waals surface area contributed by atoms with Crippen LogP contribution in [0.25, 0.3) is 0 Å². The molecule has 1 unspecified atom stereocenters. The van der Waals surface area contributed by atoms with E-state index in [1.165, 1.54) is 57.2 Å². The minimum absolute atomic E-state index is 0.0958. The first-order chi connectivity index (χ1) is 9.27. The van der Waals surface area contributed by atoms with Gasteiger partial charge in [0.15, 0.2) is 5.82 Å². The highest BCUT2D eigenvalue weighted by molar-refractivity contribution is 5.13. The minimum Gasteiger partial charge on any atom is -0.311 e. The summed E-state index contributed by atoms with van der Waals surface area (Å²) in [6, 6.07) is 0.640. The minimum atomic E-state index is 0.0958. The van der Waals surface area contributed by atoms with Crippen molar-refractivity contribution in [3.8, 4) is 0 Å². The van der Waals surface area contributed by atoms with E-state index in [1.54, 1.807) is 0 Å². The Labute approximate surface area is 116 Å². The van der Waals surface area contributed by atoms with E-state index in [-0.39, 0.29) is 5.54 Å². The van der Waals surface area contributed by atoms with Gasteiger partial charge in [-0.1, -0.05) is 26.2 Å². The molecule has 1 aliphatic heterocycles. The maximum absolute atomic E-state index is 4.58. The van der Waals surface area contributed by atoms with E-state index in [4.69, 9.17) is 0 Å². The third kappa shape index (κ3) is 2.20. The van der Waals surface area contributed by atoms with Crippen LogP contribution in [0.5, 0.6) is 0 Å². The van der Waals surface area contributed by atoms with Crippen molar-refractivity contribution >= 4 is 0 Å². The predicted molar refractivity (Wildman–Crippen MR) is 76.1 cm³/mol. The van der Waals surface area contributed by atoms with Gasteiger partial charge in [0.25, 0.3) is 0 Å². The Morgan fingerprint density at radius 3 is 2.68 bits per heavy atom. The third-order valence-corrected chi connectivity index (χ3v) is 4.90. The summed E-state index contributed by atoms with van der Waals surface area (Å²) in [5, 5.41) is 12.7. The molecule has 1 aromatic heterocycles. The van der Waals surface area contributed by atoms with Gasteiger partial charge < -0.3 is 9.88 Å². The lowest BCUT2D eigenvalue weighted by molar-refractivity contribution is 0.306. The fourth-order valence-corrected chi connectivity index (χ4v) is 4.04. The molecule has 0 amide bonds. The lowest BCUT2D eigenvalue weighted by Gasteiger charge is -2.30. The maximum atomic E-state index is 4.58. The Morgan fingerprint density at radius 1 is 1.26 bits per heavy atom. The molecule has 1 saturated heterocycles. The lowest BCUT2D eigenvalue weighted by Crippen LogP contribution is -2.40. The Kier molecular flexibility index (Phi) is 3.61. The molecule has 1 aliphatic carbocycles. The summed E-state index contributed by atoms with van der Waals surface area (Å²) in [6.07, 6.45) is 10.2. The van der Waals surface area contributed by atoms with Crippen LogP contribution in [0.15, 0.2) is 0 Å². The maximum Gasteiger partial charge on any atom is 0.153 e. The van der Waals surface area contributed by atoms with Gasteiger partial charge in [-0.05, 0) is 45.6 Å². The standard InChI is InChI=1S/C15H26N4/c1-3-9-15(10-6-11-16-15)14-18-17-12(2)19(14)13-7-4-5-8-13/h13,16H,3-11H2,1-2H3. The highest BCUT2D eigenvalue weighted by Gasteiger charge is 2.40. The fourth-order valence-electron chi connectivity index (χ4n) is 4.04. The molecular weight excluding hydrogens is 236 g/mol. The van der Waals surface area contributed by atoms with E-state index in [9.17, 15) is 0 Å². The summed E-state index contributed by atoms with van der Waals surface area (Å²) in [5.74, 6) is 2.32. The molecule has 1 aromatic rings. The number of nitrogens with one attached hydrogen (secondary N) is 1. The number of hydrogen-bond donors (Lipinski definition) is 1. The largest absolute Gasteiger partial charge is 0.311 e. The molecule has 0 spiro atoms. The molecule has 4 nitrogen and oxygen atoms in total. The predicted octanol–water partition coefficient (Wildman–Crippen LogP) is 3.08. The molecule has 2 fully saturated rings. The molecule has 106 valence electrons. The van der Waals surface area contributed by atoms with E-state index >= 15 is 0 Å². The molecule has 19 heavy (non-hydrogen) atoms. The van der Waals surface area contributed by atoms with Crippen molar-refractivity contribution in [1.82, 2.24) is 20.1 Å². The number of hydrogen-bond acceptors (Lipinski definition) is 3. The fraction of sp³-hybridized carbons (Fsp3) is 0.867. The smallest absolute Gasteiger partial charge is 0.153 e. The van der Waals surface area contributed by atoms with Crippen molar-refractivity contribution in [2.24, 2.45) is 0 Å². The van der Waals surface area contributed by atoms with E-state index in [0.717, 1.165) is 12.4 Å². The Hall–Kier alpha value is -0.900. The van der Waals surface area contributed by atoms with Crippen LogP contribution in [0.4, 0.5) is 0 Å². The van der Waals surface area contributed by atoms with Crippen LogP contribution >= 0.6 is 0 Å². The highest BCUT2D eigenvalue weighted by atomic mass is 15.3. The number of nitrogens with zero attached hydrogens (tertiary/aromatic N) is 3. The van der Waals surface area contributed by atoms with Crippen LogP contribution in [0, 0.1) is 6.92 Å². The molecule has 3 rings (SSSR count). The quantitative estimate of drug-likeness (QED) is 0.906. The molecule has 1 saturated carbocycles. The summed E-state index contributed by atoms with van der Waals surface area (Å²) < 4.78 is 2.46. The van der Waals surface area contributed by atoms with Crippen molar-refractivity contribution in [2.75, 3.05) is 6.54 Å². The van der Waals surface area contributed by atoms with E-state index in [1.807, 2.05) is 0 Å². The second-order valence-corrected chi connectivity index (χ2v) is 6.24. The van der Waals surface area contributed by atoms with Gasteiger partial charge in [0.05, 0.1) is 5.54 Å². The number of aromatic nitrogens is 3. The third-order valence-electron chi connectivity index (χ3n) is 4.90. The molecule has 0 aromatic carbocycles. The van der Waals surface area contributed by atoms with Crippen LogP contribution in [0.3, 0.4) is 0 Å². The zero-order valence-corrected chi connectivity index (χ0v) is 12.3. The van der Waals surface area contributed by atoms with Gasteiger partial charge in [-0.2, -0.15) is 0 Å². The van der Waals surface area contributed by atoms with Crippen LogP contribution in [0.1, 0.15) is 76.0 Å². The lowest BCUT2D eigenvalue weighted by atomic mass is 9.90. The van der Waals surface area contributed by atoms with Crippen LogP contribution in [0.2, 0.25) is 0 Å². The van der Waals surface area contributed by atoms with Crippen LogP contribution < -0.4 is 5.32 Å². The summed E-state index contributed by atoms with van der Waals surface area (Å²) in [4.78, 5) is 0. The van der Waals surface area contributed by atoms with Crippen molar-refractivity contribution in [3.05, 3.63) is 11.6 Å². The van der Waals surface area contributed by atoms with Crippen molar-refractivity contribution in [3.63, 3.8) is 0 Å². The van der Waals surface area contributed by atoms with Crippen LogP contribution in [-0.2, 0) is 5.54 Å². The van der Waals surface area contributed by atoms with Gasteiger partial charge in [0, 0.05) is 6.04 Å². The Morgan fingerprint density at radius 2 is 2.05 bits per heavy atom. The number of aryl methyl sites for hydroxylation is 1. The Balaban J connectivity index is 1.99. The zero-order chi connectivity index (χ0) is 13.3. The summed E-state index contributed by atoms with van der Waals surface area (Å²) >= 11 is 0. The normalized spacial score (nSPS) is 28.3. The highest BCUT2D eigenvalue weighted by Crippen LogP contribution is 2.39. The van der Waals surface area contributed by atoms with Gasteiger partial charge in [-0.25, -0.2) is 0 Å². The zero-order valence-electron chi connectivity index (χ0n) is 12.3. The van der Waals surface area contributed by atoms with Crippen LogP contribution in [-0.4, -0.2) is 21.3 Å². The van der Waals surface area contributed by atoms with E-state index < -0.39 is 0 Å². The first-order valence-electron chi connectivity index (χ1n) is 7.94.